The molecule has 0 saturated carbocycles. The van der Waals surface area contributed by atoms with E-state index in [1.165, 1.54) is 0 Å². The zero-order chi connectivity index (χ0) is 15.4. The minimum absolute atomic E-state index is 0.0364. The average molecular weight is 300 g/mol. The van der Waals surface area contributed by atoms with Crippen molar-refractivity contribution in [3.63, 3.8) is 0 Å². The summed E-state index contributed by atoms with van der Waals surface area (Å²) in [4.78, 5) is 14.4. The van der Waals surface area contributed by atoms with Crippen LogP contribution in [0.2, 0.25) is 0 Å². The molecule has 0 bridgehead atoms. The second kappa shape index (κ2) is 6.66. The molecule has 2 heterocycles. The van der Waals surface area contributed by atoms with Crippen LogP contribution in [0.3, 0.4) is 0 Å². The van der Waals surface area contributed by atoms with E-state index in [1.807, 2.05) is 54.3 Å². The summed E-state index contributed by atoms with van der Waals surface area (Å²) in [6.45, 7) is 3.45. The number of benzene rings is 1. The smallest absolute Gasteiger partial charge is 0.318 e. The molecular weight excluding hydrogens is 280 g/mol. The summed E-state index contributed by atoms with van der Waals surface area (Å²) in [6.07, 6.45) is 1.64. The van der Waals surface area contributed by atoms with Gasteiger partial charge in [0.05, 0.1) is 31.6 Å². The Hall–Kier alpha value is -2.27. The molecule has 0 radical (unpaired) electrons. The van der Waals surface area contributed by atoms with Crippen LogP contribution in [-0.2, 0) is 11.3 Å². The van der Waals surface area contributed by atoms with Crippen molar-refractivity contribution in [1.82, 2.24) is 10.2 Å². The van der Waals surface area contributed by atoms with E-state index in [1.54, 1.807) is 6.26 Å². The van der Waals surface area contributed by atoms with Crippen LogP contribution in [0.4, 0.5) is 4.79 Å². The van der Waals surface area contributed by atoms with Crippen molar-refractivity contribution in [3.05, 3.63) is 60.1 Å². The number of furan rings is 1. The predicted molar refractivity (Wildman–Crippen MR) is 82.2 cm³/mol. The SMILES string of the molecule is C[C@@H]1CN(C(=O)NCc2ccco2)[C@H](c2ccccc2)CO1. The van der Waals surface area contributed by atoms with Gasteiger partial charge in [-0.1, -0.05) is 30.3 Å². The first kappa shape index (κ1) is 14.7. The van der Waals surface area contributed by atoms with Crippen LogP contribution in [0.1, 0.15) is 24.3 Å². The zero-order valence-corrected chi connectivity index (χ0v) is 12.6. The van der Waals surface area contributed by atoms with E-state index < -0.39 is 0 Å². The Kier molecular flexibility index (Phi) is 4.44. The monoisotopic (exact) mass is 300 g/mol. The first-order valence-electron chi connectivity index (χ1n) is 7.47. The highest BCUT2D eigenvalue weighted by Gasteiger charge is 2.31. The van der Waals surface area contributed by atoms with E-state index in [2.05, 4.69) is 5.32 Å². The normalized spacial score (nSPS) is 21.6. The standard InChI is InChI=1S/C17H20N2O3/c1-13-11-19(17(20)18-10-15-8-5-9-21-15)16(12-22-13)14-6-3-2-4-7-14/h2-9,13,16H,10-12H2,1H3,(H,18,20)/t13-,16+/m1/s1. The fraction of sp³-hybridized carbons (Fsp3) is 0.353. The lowest BCUT2D eigenvalue weighted by molar-refractivity contribution is -0.0382. The third-order valence-corrected chi connectivity index (χ3v) is 3.81. The number of morpholine rings is 1. The molecule has 2 atom stereocenters. The lowest BCUT2D eigenvalue weighted by Gasteiger charge is -2.38. The van der Waals surface area contributed by atoms with Gasteiger partial charge in [0.25, 0.3) is 0 Å². The van der Waals surface area contributed by atoms with E-state index in [4.69, 9.17) is 9.15 Å². The van der Waals surface area contributed by atoms with Crippen molar-refractivity contribution in [2.45, 2.75) is 25.6 Å². The number of ether oxygens (including phenoxy) is 1. The second-order valence-electron chi connectivity index (χ2n) is 5.46. The molecule has 1 fully saturated rings. The maximum absolute atomic E-state index is 12.5. The maximum atomic E-state index is 12.5. The average Bonchev–Trinajstić information content (AvgIpc) is 3.07. The molecule has 1 aliphatic heterocycles. The Labute approximate surface area is 129 Å². The van der Waals surface area contributed by atoms with Crippen molar-refractivity contribution in [3.8, 4) is 0 Å². The lowest BCUT2D eigenvalue weighted by Crippen LogP contribution is -2.50. The fourth-order valence-electron chi connectivity index (χ4n) is 2.66. The van der Waals surface area contributed by atoms with Gasteiger partial charge in [0.15, 0.2) is 0 Å². The van der Waals surface area contributed by atoms with Crippen molar-refractivity contribution < 1.29 is 13.9 Å². The second-order valence-corrected chi connectivity index (χ2v) is 5.46. The Morgan fingerprint density at radius 3 is 2.82 bits per heavy atom. The topological polar surface area (TPSA) is 54.7 Å². The minimum atomic E-state index is -0.0968. The number of hydrogen-bond acceptors (Lipinski definition) is 3. The summed E-state index contributed by atoms with van der Waals surface area (Å²) in [7, 11) is 0. The number of carbonyl (C=O) groups excluding carboxylic acids is 1. The lowest BCUT2D eigenvalue weighted by atomic mass is 10.0. The summed E-state index contributed by atoms with van der Waals surface area (Å²) < 4.78 is 11.0. The summed E-state index contributed by atoms with van der Waals surface area (Å²) in [5.74, 6) is 0.742. The largest absolute Gasteiger partial charge is 0.467 e. The van der Waals surface area contributed by atoms with E-state index in [9.17, 15) is 4.79 Å². The van der Waals surface area contributed by atoms with E-state index >= 15 is 0 Å². The predicted octanol–water partition coefficient (Wildman–Crippen LogP) is 2.95. The third-order valence-electron chi connectivity index (χ3n) is 3.81. The minimum Gasteiger partial charge on any atom is -0.467 e. The first-order valence-corrected chi connectivity index (χ1v) is 7.47. The van der Waals surface area contributed by atoms with Crippen LogP contribution in [0.15, 0.2) is 53.1 Å². The number of nitrogens with zero attached hydrogens (tertiary/aromatic N) is 1. The van der Waals surface area contributed by atoms with Crippen LogP contribution in [0.5, 0.6) is 0 Å². The molecule has 22 heavy (non-hydrogen) atoms. The first-order chi connectivity index (χ1) is 10.7. The van der Waals surface area contributed by atoms with Crippen LogP contribution in [0.25, 0.3) is 0 Å². The summed E-state index contributed by atoms with van der Waals surface area (Å²) in [5, 5.41) is 2.91. The highest BCUT2D eigenvalue weighted by Crippen LogP contribution is 2.26. The molecule has 1 saturated heterocycles. The molecule has 0 spiro atoms. The van der Waals surface area contributed by atoms with Gasteiger partial charge in [0, 0.05) is 6.54 Å². The van der Waals surface area contributed by atoms with Gasteiger partial charge in [-0.15, -0.1) is 0 Å². The maximum Gasteiger partial charge on any atom is 0.318 e. The van der Waals surface area contributed by atoms with Crippen molar-refractivity contribution in [1.29, 1.82) is 0 Å². The molecule has 1 N–H and O–H groups in total. The van der Waals surface area contributed by atoms with Gasteiger partial charge in [-0.05, 0) is 24.6 Å². The fourth-order valence-corrected chi connectivity index (χ4v) is 2.66. The molecule has 1 aliphatic rings. The zero-order valence-electron chi connectivity index (χ0n) is 12.6. The Morgan fingerprint density at radius 1 is 1.27 bits per heavy atom. The Morgan fingerprint density at radius 2 is 2.09 bits per heavy atom. The number of rotatable bonds is 3. The van der Waals surface area contributed by atoms with Gasteiger partial charge in [0.1, 0.15) is 5.76 Å². The van der Waals surface area contributed by atoms with Crippen molar-refractivity contribution in [2.75, 3.05) is 13.2 Å². The molecule has 0 aliphatic carbocycles. The highest BCUT2D eigenvalue weighted by molar-refractivity contribution is 5.75. The van der Waals surface area contributed by atoms with Gasteiger partial charge < -0.3 is 19.4 Å². The Bertz CT molecular complexity index is 598. The highest BCUT2D eigenvalue weighted by atomic mass is 16.5. The summed E-state index contributed by atoms with van der Waals surface area (Å²) in [6, 6.07) is 13.5. The molecule has 3 rings (SSSR count). The number of amides is 2. The molecule has 2 aromatic rings. The van der Waals surface area contributed by atoms with Crippen molar-refractivity contribution >= 4 is 6.03 Å². The molecule has 2 amide bonds. The number of nitrogens with one attached hydrogen (secondary N) is 1. The number of urea groups is 1. The van der Waals surface area contributed by atoms with Gasteiger partial charge in [-0.3, -0.25) is 0 Å². The van der Waals surface area contributed by atoms with Gasteiger partial charge in [-0.25, -0.2) is 4.79 Å². The molecular formula is C17H20N2O3. The van der Waals surface area contributed by atoms with Crippen LogP contribution in [-0.4, -0.2) is 30.2 Å². The Balaban J connectivity index is 1.70. The number of carbonyl (C=O) groups is 1. The van der Waals surface area contributed by atoms with E-state index in [-0.39, 0.29) is 18.2 Å². The molecule has 1 aromatic carbocycles. The molecule has 116 valence electrons. The van der Waals surface area contributed by atoms with Gasteiger partial charge in [-0.2, -0.15) is 0 Å². The van der Waals surface area contributed by atoms with Crippen LogP contribution >= 0.6 is 0 Å². The quantitative estimate of drug-likeness (QED) is 0.948. The molecule has 0 unspecified atom stereocenters. The van der Waals surface area contributed by atoms with Crippen LogP contribution < -0.4 is 5.32 Å². The van der Waals surface area contributed by atoms with Gasteiger partial charge >= 0.3 is 6.03 Å². The van der Waals surface area contributed by atoms with Gasteiger partial charge in [0.2, 0.25) is 0 Å². The summed E-state index contributed by atoms with van der Waals surface area (Å²) >= 11 is 0. The van der Waals surface area contributed by atoms with Crippen LogP contribution in [0, 0.1) is 0 Å². The number of hydrogen-bond donors (Lipinski definition) is 1. The molecule has 5 nitrogen and oxygen atoms in total. The van der Waals surface area contributed by atoms with E-state index in [0.717, 1.165) is 11.3 Å². The third kappa shape index (κ3) is 3.31. The molecule has 5 heteroatoms. The van der Waals surface area contributed by atoms with Crippen molar-refractivity contribution in [2.24, 2.45) is 0 Å². The van der Waals surface area contributed by atoms with E-state index in [0.29, 0.717) is 19.7 Å². The summed E-state index contributed by atoms with van der Waals surface area (Å²) in [5.41, 5.74) is 1.09. The molecule has 1 aromatic heterocycles.